The first-order valence-corrected chi connectivity index (χ1v) is 17.0. The summed E-state index contributed by atoms with van der Waals surface area (Å²) in [5, 5.41) is 0.847. The Balaban J connectivity index is 0.000000178. The first kappa shape index (κ1) is 32.6. The zero-order chi connectivity index (χ0) is 32.8. The number of rotatable bonds is 5. The van der Waals surface area contributed by atoms with Crippen LogP contribution in [0.5, 0.6) is 0 Å². The average Bonchev–Trinajstić information content (AvgIpc) is 3.49. The lowest BCUT2D eigenvalue weighted by atomic mass is 10.2. The Hall–Kier alpha value is -3.79. The molecular weight excluding hydrogens is 683 g/mol. The van der Waals surface area contributed by atoms with Gasteiger partial charge in [-0.05, 0) is 87.3 Å². The highest BCUT2D eigenvalue weighted by molar-refractivity contribution is 7.90. The first-order valence-electron chi connectivity index (χ1n) is 13.0. The van der Waals surface area contributed by atoms with Crippen molar-refractivity contribution in [2.45, 2.75) is 37.5 Å². The van der Waals surface area contributed by atoms with Crippen molar-refractivity contribution in [2.75, 3.05) is 5.43 Å². The first-order chi connectivity index (χ1) is 21.1. The van der Waals surface area contributed by atoms with Crippen LogP contribution in [0.25, 0.3) is 22.1 Å². The quantitative estimate of drug-likeness (QED) is 0.0965. The predicted octanol–water partition coefficient (Wildman–Crippen LogP) is 5.82. The van der Waals surface area contributed by atoms with Crippen molar-refractivity contribution in [3.8, 4) is 0 Å². The Labute approximate surface area is 273 Å². The van der Waals surface area contributed by atoms with Gasteiger partial charge < -0.3 is 5.43 Å². The number of hydrazine groups is 1. The van der Waals surface area contributed by atoms with Crippen LogP contribution in [0.2, 0.25) is 15.7 Å². The molecule has 0 aliphatic carbocycles. The van der Waals surface area contributed by atoms with E-state index in [1.54, 1.807) is 74.5 Å². The molecular formula is C28H25Cl3N8O4S2. The van der Waals surface area contributed by atoms with Crippen LogP contribution in [0.1, 0.15) is 22.5 Å². The van der Waals surface area contributed by atoms with E-state index in [1.165, 1.54) is 0 Å². The van der Waals surface area contributed by atoms with Crippen LogP contribution in [0, 0.1) is 27.7 Å². The van der Waals surface area contributed by atoms with Crippen LogP contribution in [-0.2, 0) is 20.0 Å². The van der Waals surface area contributed by atoms with Gasteiger partial charge >= 0.3 is 0 Å². The second kappa shape index (κ2) is 12.2. The van der Waals surface area contributed by atoms with Crippen LogP contribution in [0.15, 0.2) is 70.5 Å². The topological polar surface area (TPSA) is 168 Å². The van der Waals surface area contributed by atoms with Crippen LogP contribution >= 0.6 is 34.8 Å². The summed E-state index contributed by atoms with van der Waals surface area (Å²) >= 11 is 17.7. The third-order valence-corrected chi connectivity index (χ3v) is 11.0. The molecule has 3 N–H and O–H groups in total. The number of hydrogen-bond donors (Lipinski definition) is 2. The zero-order valence-electron chi connectivity index (χ0n) is 24.1. The SMILES string of the molecule is Cc1ccc(S(=O)(=O)n2c(C)cc3c(Cl)nc(Cl)nc32)cc1.Cc1ccc(S(=O)(=O)n2c(C)cc3c(NN)nc(Cl)nc32)cc1. The number of aryl methyl sites for hydroxylation is 4. The molecule has 234 valence electrons. The van der Waals surface area contributed by atoms with Gasteiger partial charge in [-0.15, -0.1) is 0 Å². The average molecular weight is 708 g/mol. The minimum atomic E-state index is -3.81. The van der Waals surface area contributed by atoms with Gasteiger partial charge in [0.15, 0.2) is 17.1 Å². The van der Waals surface area contributed by atoms with E-state index in [-0.39, 0.29) is 42.6 Å². The van der Waals surface area contributed by atoms with Gasteiger partial charge in [0, 0.05) is 11.4 Å². The Morgan fingerprint density at radius 2 is 1.02 bits per heavy atom. The van der Waals surface area contributed by atoms with Gasteiger partial charge in [-0.2, -0.15) is 15.0 Å². The zero-order valence-corrected chi connectivity index (χ0v) is 28.0. The number of hydrogen-bond acceptors (Lipinski definition) is 10. The van der Waals surface area contributed by atoms with Gasteiger partial charge in [0.25, 0.3) is 20.0 Å². The monoisotopic (exact) mass is 706 g/mol. The Morgan fingerprint density at radius 1 is 0.622 bits per heavy atom. The third-order valence-electron chi connectivity index (χ3n) is 6.74. The molecule has 0 bridgehead atoms. The highest BCUT2D eigenvalue weighted by Gasteiger charge is 2.25. The maximum absolute atomic E-state index is 13.0. The summed E-state index contributed by atoms with van der Waals surface area (Å²) in [5.74, 6) is 5.69. The minimum Gasteiger partial charge on any atom is -0.308 e. The summed E-state index contributed by atoms with van der Waals surface area (Å²) in [6.45, 7) is 7.11. The maximum atomic E-state index is 13.0. The lowest BCUT2D eigenvalue weighted by molar-refractivity contribution is 0.586. The fourth-order valence-electron chi connectivity index (χ4n) is 4.62. The maximum Gasteiger partial charge on any atom is 0.269 e. The van der Waals surface area contributed by atoms with E-state index < -0.39 is 20.0 Å². The Morgan fingerprint density at radius 3 is 1.47 bits per heavy atom. The van der Waals surface area contributed by atoms with Crippen molar-refractivity contribution in [2.24, 2.45) is 5.84 Å². The number of benzene rings is 2. The predicted molar refractivity (Wildman–Crippen MR) is 175 cm³/mol. The van der Waals surface area contributed by atoms with Gasteiger partial charge in [0.2, 0.25) is 10.6 Å². The Bertz CT molecular complexity index is 2310. The minimum absolute atomic E-state index is 0.0936. The summed E-state index contributed by atoms with van der Waals surface area (Å²) in [4.78, 5) is 16.2. The molecule has 0 spiro atoms. The van der Waals surface area contributed by atoms with Crippen molar-refractivity contribution in [3.05, 3.63) is 98.9 Å². The van der Waals surface area contributed by atoms with Gasteiger partial charge in [0.1, 0.15) is 5.15 Å². The number of nitrogens with two attached hydrogens (primary N) is 1. The van der Waals surface area contributed by atoms with E-state index in [2.05, 4.69) is 25.4 Å². The number of anilines is 1. The molecule has 2 aromatic carbocycles. The van der Waals surface area contributed by atoms with Crippen molar-refractivity contribution < 1.29 is 16.8 Å². The molecule has 45 heavy (non-hydrogen) atoms. The molecule has 0 aliphatic heterocycles. The number of fused-ring (bicyclic) bond motifs is 2. The molecule has 12 nitrogen and oxygen atoms in total. The van der Waals surface area contributed by atoms with Gasteiger partial charge in [0.05, 0.1) is 20.6 Å². The molecule has 0 radical (unpaired) electrons. The molecule has 0 aliphatic rings. The number of nitrogen functional groups attached to an aromatic ring is 1. The van der Waals surface area contributed by atoms with E-state index in [4.69, 9.17) is 40.6 Å². The summed E-state index contributed by atoms with van der Waals surface area (Å²) < 4.78 is 54.0. The van der Waals surface area contributed by atoms with Crippen molar-refractivity contribution >= 4 is 82.7 Å². The summed E-state index contributed by atoms with van der Waals surface area (Å²) in [6.07, 6.45) is 0. The number of nitrogens with one attached hydrogen (secondary N) is 1. The normalized spacial score (nSPS) is 11.9. The van der Waals surface area contributed by atoms with E-state index in [1.807, 2.05) is 13.8 Å². The highest BCUT2D eigenvalue weighted by Crippen LogP contribution is 2.30. The number of nitrogens with zero attached hydrogens (tertiary/aromatic N) is 6. The summed E-state index contributed by atoms with van der Waals surface area (Å²) in [5.41, 5.74) is 5.66. The van der Waals surface area contributed by atoms with Crippen LogP contribution in [0.3, 0.4) is 0 Å². The standard InChI is InChI=1S/C14H11Cl2N3O2S.C14H14ClN5O2S/c1-8-3-5-10(6-4-8)22(20,21)19-9(2)7-11-12(15)17-14(16)18-13(11)19;1-8-3-5-10(6-4-8)23(21,22)20-9(2)7-11-12(19-16)17-14(15)18-13(11)20/h3-7H,1-2H3;3-7H,16H2,1-2H3,(H,17,18,19). The number of aromatic nitrogens is 6. The molecule has 17 heteroatoms. The smallest absolute Gasteiger partial charge is 0.269 e. The van der Waals surface area contributed by atoms with Crippen molar-refractivity contribution in [1.82, 2.24) is 27.9 Å². The van der Waals surface area contributed by atoms with Crippen molar-refractivity contribution in [3.63, 3.8) is 0 Å². The molecule has 0 atom stereocenters. The molecule has 0 fully saturated rings. The summed E-state index contributed by atoms with van der Waals surface area (Å²) in [6, 6.07) is 16.5. The van der Waals surface area contributed by atoms with Gasteiger partial charge in [-0.3, -0.25) is 0 Å². The fraction of sp³-hybridized carbons (Fsp3) is 0.143. The molecule has 0 saturated carbocycles. The second-order valence-electron chi connectivity index (χ2n) is 9.98. The lowest BCUT2D eigenvalue weighted by Crippen LogP contribution is -2.15. The molecule has 0 unspecified atom stereocenters. The van der Waals surface area contributed by atoms with Crippen LogP contribution < -0.4 is 11.3 Å². The van der Waals surface area contributed by atoms with Gasteiger partial charge in [-0.1, -0.05) is 47.0 Å². The second-order valence-corrected chi connectivity index (χ2v) is 14.6. The van der Waals surface area contributed by atoms with Crippen molar-refractivity contribution in [1.29, 1.82) is 0 Å². The van der Waals surface area contributed by atoms with Crippen LogP contribution in [-0.4, -0.2) is 44.7 Å². The largest absolute Gasteiger partial charge is 0.308 e. The molecule has 6 rings (SSSR count). The van der Waals surface area contributed by atoms with E-state index in [9.17, 15) is 16.8 Å². The lowest BCUT2D eigenvalue weighted by Gasteiger charge is -2.10. The third kappa shape index (κ3) is 6.09. The highest BCUT2D eigenvalue weighted by atomic mass is 35.5. The van der Waals surface area contributed by atoms with Crippen LogP contribution in [0.4, 0.5) is 5.82 Å². The molecule has 4 aromatic heterocycles. The van der Waals surface area contributed by atoms with E-state index in [0.717, 1.165) is 19.1 Å². The summed E-state index contributed by atoms with van der Waals surface area (Å²) in [7, 11) is -7.61. The molecule has 6 aromatic rings. The molecule has 4 heterocycles. The molecule has 0 saturated heterocycles. The molecule has 0 amide bonds. The van der Waals surface area contributed by atoms with E-state index in [0.29, 0.717) is 22.2 Å². The Kier molecular flexibility index (Phi) is 8.83. The van der Waals surface area contributed by atoms with E-state index >= 15 is 0 Å². The fourth-order valence-corrected chi connectivity index (χ4v) is 8.19. The van der Waals surface area contributed by atoms with Gasteiger partial charge in [-0.25, -0.2) is 35.6 Å². The number of halogens is 3.